The van der Waals surface area contributed by atoms with Gasteiger partial charge in [0.1, 0.15) is 0 Å². The minimum Gasteiger partial charge on any atom is -0.395 e. The zero-order valence-corrected chi connectivity index (χ0v) is 11.2. The molecular formula is C13H25NO2. The van der Waals surface area contributed by atoms with E-state index < -0.39 is 0 Å². The average molecular weight is 227 g/mol. The molecule has 3 nitrogen and oxygen atoms in total. The van der Waals surface area contributed by atoms with Crippen LogP contribution in [0.2, 0.25) is 0 Å². The number of aryl methyl sites for hydroxylation is 1. The predicted molar refractivity (Wildman–Crippen MR) is 69.8 cm³/mol. The Morgan fingerprint density at radius 2 is 1.81 bits per heavy atom. The van der Waals surface area contributed by atoms with Gasteiger partial charge in [-0.15, -0.1) is 0 Å². The SMILES string of the molecule is CC.CCC.Cc1cccn(CCO)c1=O. The molecule has 0 saturated carbocycles. The second-order valence-electron chi connectivity index (χ2n) is 3.12. The van der Waals surface area contributed by atoms with Crippen molar-refractivity contribution in [2.75, 3.05) is 6.61 Å². The number of aromatic nitrogens is 1. The van der Waals surface area contributed by atoms with Gasteiger partial charge in [0.05, 0.1) is 6.61 Å². The summed E-state index contributed by atoms with van der Waals surface area (Å²) in [5, 5.41) is 8.58. The summed E-state index contributed by atoms with van der Waals surface area (Å²) in [5.41, 5.74) is 0.683. The number of aliphatic hydroxyl groups is 1. The molecule has 0 spiro atoms. The molecule has 1 aromatic rings. The number of aliphatic hydroxyl groups excluding tert-OH is 1. The summed E-state index contributed by atoms with van der Waals surface area (Å²) in [6.07, 6.45) is 2.92. The smallest absolute Gasteiger partial charge is 0.253 e. The second kappa shape index (κ2) is 12.0. The van der Waals surface area contributed by atoms with Gasteiger partial charge in [0.15, 0.2) is 0 Å². The van der Waals surface area contributed by atoms with E-state index in [1.54, 1.807) is 25.3 Å². The Bertz CT molecular complexity index is 305. The molecule has 0 amide bonds. The molecule has 0 aromatic carbocycles. The lowest BCUT2D eigenvalue weighted by Crippen LogP contribution is -2.22. The topological polar surface area (TPSA) is 42.2 Å². The number of hydrogen-bond acceptors (Lipinski definition) is 2. The standard InChI is InChI=1S/C8H11NO2.C3H8.C2H6/c1-7-3-2-4-9(5-6-10)8(7)11;1-3-2;1-2/h2-4,10H,5-6H2,1H3;3H2,1-2H3;1-2H3. The molecule has 1 heterocycles. The van der Waals surface area contributed by atoms with Gasteiger partial charge < -0.3 is 9.67 Å². The minimum atomic E-state index is -0.0263. The molecule has 0 fully saturated rings. The van der Waals surface area contributed by atoms with Crippen molar-refractivity contribution >= 4 is 0 Å². The lowest BCUT2D eigenvalue weighted by Gasteiger charge is -2.02. The van der Waals surface area contributed by atoms with Crippen LogP contribution in [0.5, 0.6) is 0 Å². The first kappa shape index (κ1) is 17.3. The Balaban J connectivity index is 0. The highest BCUT2D eigenvalue weighted by Gasteiger charge is 1.95. The summed E-state index contributed by atoms with van der Waals surface area (Å²) >= 11 is 0. The van der Waals surface area contributed by atoms with E-state index in [0.29, 0.717) is 12.1 Å². The van der Waals surface area contributed by atoms with E-state index in [-0.39, 0.29) is 12.2 Å². The van der Waals surface area contributed by atoms with Crippen LogP contribution in [-0.2, 0) is 6.54 Å². The summed E-state index contributed by atoms with van der Waals surface area (Å²) < 4.78 is 1.50. The third kappa shape index (κ3) is 7.23. The molecule has 0 unspecified atom stereocenters. The van der Waals surface area contributed by atoms with Crippen molar-refractivity contribution in [1.82, 2.24) is 4.57 Å². The molecule has 1 aromatic heterocycles. The summed E-state index contributed by atoms with van der Waals surface area (Å²) in [6, 6.07) is 3.56. The van der Waals surface area contributed by atoms with E-state index in [2.05, 4.69) is 13.8 Å². The first-order chi connectivity index (χ1) is 7.67. The number of nitrogens with zero attached hydrogens (tertiary/aromatic N) is 1. The maximum Gasteiger partial charge on any atom is 0.253 e. The normalized spacial score (nSPS) is 8.38. The maximum atomic E-state index is 11.2. The molecule has 0 radical (unpaired) electrons. The van der Waals surface area contributed by atoms with E-state index in [0.717, 1.165) is 0 Å². The van der Waals surface area contributed by atoms with E-state index in [9.17, 15) is 4.79 Å². The largest absolute Gasteiger partial charge is 0.395 e. The lowest BCUT2D eigenvalue weighted by atomic mass is 10.3. The fraction of sp³-hybridized carbons (Fsp3) is 0.615. The Morgan fingerprint density at radius 3 is 2.25 bits per heavy atom. The molecule has 0 bridgehead atoms. The first-order valence-electron chi connectivity index (χ1n) is 5.94. The number of hydrogen-bond donors (Lipinski definition) is 1. The molecule has 1 rings (SSSR count). The summed E-state index contributed by atoms with van der Waals surface area (Å²) in [5.74, 6) is 0. The molecule has 1 N–H and O–H groups in total. The van der Waals surface area contributed by atoms with Crippen molar-refractivity contribution in [1.29, 1.82) is 0 Å². The van der Waals surface area contributed by atoms with Crippen LogP contribution in [0, 0.1) is 6.92 Å². The average Bonchev–Trinajstić information content (AvgIpc) is 2.29. The van der Waals surface area contributed by atoms with Crippen LogP contribution in [0.25, 0.3) is 0 Å². The third-order valence-electron chi connectivity index (χ3n) is 1.55. The maximum absolute atomic E-state index is 11.2. The van der Waals surface area contributed by atoms with Gasteiger partial charge in [-0.25, -0.2) is 0 Å². The van der Waals surface area contributed by atoms with Crippen LogP contribution >= 0.6 is 0 Å². The lowest BCUT2D eigenvalue weighted by molar-refractivity contribution is 0.274. The molecule has 0 aliphatic rings. The summed E-state index contributed by atoms with van der Waals surface area (Å²) in [7, 11) is 0. The number of pyridine rings is 1. The van der Waals surface area contributed by atoms with E-state index in [1.807, 2.05) is 13.8 Å². The molecule has 94 valence electrons. The molecule has 0 saturated heterocycles. The van der Waals surface area contributed by atoms with E-state index >= 15 is 0 Å². The Kier molecular flexibility index (Phi) is 13.0. The Morgan fingerprint density at radius 1 is 1.31 bits per heavy atom. The van der Waals surface area contributed by atoms with Crippen molar-refractivity contribution in [2.45, 2.75) is 47.6 Å². The Hall–Kier alpha value is -1.09. The van der Waals surface area contributed by atoms with Crippen LogP contribution < -0.4 is 5.56 Å². The highest BCUT2D eigenvalue weighted by molar-refractivity contribution is 5.07. The molecule has 0 aliphatic heterocycles. The van der Waals surface area contributed by atoms with Gasteiger partial charge in [-0.2, -0.15) is 0 Å². The highest BCUT2D eigenvalue weighted by Crippen LogP contribution is 1.87. The predicted octanol–water partition coefficient (Wildman–Crippen LogP) is 2.59. The van der Waals surface area contributed by atoms with Gasteiger partial charge in [-0.3, -0.25) is 4.79 Å². The number of rotatable bonds is 2. The first-order valence-corrected chi connectivity index (χ1v) is 5.94. The van der Waals surface area contributed by atoms with Gasteiger partial charge in [-0.05, 0) is 13.0 Å². The van der Waals surface area contributed by atoms with Gasteiger partial charge in [0.25, 0.3) is 5.56 Å². The van der Waals surface area contributed by atoms with E-state index in [4.69, 9.17) is 5.11 Å². The van der Waals surface area contributed by atoms with Crippen LogP contribution in [0.4, 0.5) is 0 Å². The highest BCUT2D eigenvalue weighted by atomic mass is 16.3. The Labute approximate surface area is 98.7 Å². The van der Waals surface area contributed by atoms with Gasteiger partial charge >= 0.3 is 0 Å². The summed E-state index contributed by atoms with van der Waals surface area (Å²) in [6.45, 7) is 10.4. The molecule has 0 aliphatic carbocycles. The zero-order chi connectivity index (χ0) is 13.0. The van der Waals surface area contributed by atoms with Crippen molar-refractivity contribution in [2.24, 2.45) is 0 Å². The molecule has 16 heavy (non-hydrogen) atoms. The third-order valence-corrected chi connectivity index (χ3v) is 1.55. The second-order valence-corrected chi connectivity index (χ2v) is 3.12. The van der Waals surface area contributed by atoms with Crippen molar-refractivity contribution < 1.29 is 5.11 Å². The van der Waals surface area contributed by atoms with Gasteiger partial charge in [0.2, 0.25) is 0 Å². The monoisotopic (exact) mass is 227 g/mol. The van der Waals surface area contributed by atoms with Crippen molar-refractivity contribution in [3.63, 3.8) is 0 Å². The van der Waals surface area contributed by atoms with Crippen molar-refractivity contribution in [3.8, 4) is 0 Å². The van der Waals surface area contributed by atoms with Gasteiger partial charge in [0, 0.05) is 18.3 Å². The van der Waals surface area contributed by atoms with Crippen LogP contribution in [0.3, 0.4) is 0 Å². The van der Waals surface area contributed by atoms with Crippen LogP contribution in [0.1, 0.15) is 39.7 Å². The van der Waals surface area contributed by atoms with E-state index in [1.165, 1.54) is 11.0 Å². The summed E-state index contributed by atoms with van der Waals surface area (Å²) in [4.78, 5) is 11.2. The molecule has 0 atom stereocenters. The fourth-order valence-corrected chi connectivity index (χ4v) is 0.941. The fourth-order valence-electron chi connectivity index (χ4n) is 0.941. The van der Waals surface area contributed by atoms with Gasteiger partial charge in [-0.1, -0.05) is 40.2 Å². The van der Waals surface area contributed by atoms with Crippen LogP contribution in [0.15, 0.2) is 23.1 Å². The quantitative estimate of drug-likeness (QED) is 0.843. The van der Waals surface area contributed by atoms with Crippen LogP contribution in [-0.4, -0.2) is 16.3 Å². The zero-order valence-electron chi connectivity index (χ0n) is 11.2. The molecular weight excluding hydrogens is 202 g/mol. The molecule has 3 heteroatoms. The minimum absolute atomic E-state index is 0.00333. The van der Waals surface area contributed by atoms with Crippen molar-refractivity contribution in [3.05, 3.63) is 34.2 Å².